The third-order valence-electron chi connectivity index (χ3n) is 4.41. The van der Waals surface area contributed by atoms with E-state index in [0.717, 1.165) is 42.7 Å². The Labute approximate surface area is 127 Å². The van der Waals surface area contributed by atoms with Gasteiger partial charge in [0.25, 0.3) is 0 Å². The van der Waals surface area contributed by atoms with Crippen molar-refractivity contribution in [2.75, 3.05) is 25.2 Å². The summed E-state index contributed by atoms with van der Waals surface area (Å²) in [4.78, 5) is 11.2. The zero-order valence-corrected chi connectivity index (χ0v) is 12.5. The molecule has 0 bridgehead atoms. The van der Waals surface area contributed by atoms with Crippen molar-refractivity contribution < 1.29 is 9.47 Å². The SMILES string of the molecule is COc1ccc2c(N3CC[C@H]4OCC[C@H]43)ncnc2c1Cl. The van der Waals surface area contributed by atoms with Crippen LogP contribution in [-0.4, -0.2) is 42.4 Å². The molecule has 2 aliphatic heterocycles. The Balaban J connectivity index is 1.84. The molecule has 6 heteroatoms. The fraction of sp³-hybridized carbons (Fsp3) is 0.467. The number of halogens is 1. The lowest BCUT2D eigenvalue weighted by atomic mass is 10.1. The largest absolute Gasteiger partial charge is 0.495 e. The average molecular weight is 306 g/mol. The maximum absolute atomic E-state index is 6.37. The summed E-state index contributed by atoms with van der Waals surface area (Å²) in [6.45, 7) is 1.80. The number of rotatable bonds is 2. The standard InChI is InChI=1S/C15H16ClN3O2/c1-20-12-3-2-9-14(13(12)16)17-8-18-15(9)19-6-4-11-10(19)5-7-21-11/h2-3,8,10-11H,4-7H2,1H3/t10-,11-/m1/s1. The van der Waals surface area contributed by atoms with Crippen LogP contribution in [0.25, 0.3) is 10.9 Å². The van der Waals surface area contributed by atoms with Crippen molar-refractivity contribution in [3.05, 3.63) is 23.5 Å². The van der Waals surface area contributed by atoms with Gasteiger partial charge in [-0.15, -0.1) is 0 Å². The predicted molar refractivity (Wildman–Crippen MR) is 81.2 cm³/mol. The molecule has 4 rings (SSSR count). The first kappa shape index (κ1) is 13.1. The van der Waals surface area contributed by atoms with Crippen molar-refractivity contribution in [3.63, 3.8) is 0 Å². The number of benzene rings is 1. The summed E-state index contributed by atoms with van der Waals surface area (Å²) < 4.78 is 11.0. The van der Waals surface area contributed by atoms with Gasteiger partial charge in [0.05, 0.1) is 24.8 Å². The van der Waals surface area contributed by atoms with E-state index in [1.807, 2.05) is 12.1 Å². The molecule has 5 nitrogen and oxygen atoms in total. The summed E-state index contributed by atoms with van der Waals surface area (Å²) in [5.74, 6) is 1.58. The molecule has 0 radical (unpaired) electrons. The second kappa shape index (κ2) is 5.00. The van der Waals surface area contributed by atoms with Gasteiger partial charge in [0.2, 0.25) is 0 Å². The van der Waals surface area contributed by atoms with Gasteiger partial charge in [0.15, 0.2) is 0 Å². The topological polar surface area (TPSA) is 47.5 Å². The third kappa shape index (κ3) is 1.95. The van der Waals surface area contributed by atoms with Gasteiger partial charge in [-0.2, -0.15) is 0 Å². The van der Waals surface area contributed by atoms with Crippen molar-refractivity contribution in [2.24, 2.45) is 0 Å². The Morgan fingerprint density at radius 2 is 2.24 bits per heavy atom. The molecule has 2 atom stereocenters. The van der Waals surface area contributed by atoms with Gasteiger partial charge in [0, 0.05) is 18.5 Å². The van der Waals surface area contributed by atoms with Crippen LogP contribution in [0.1, 0.15) is 12.8 Å². The quantitative estimate of drug-likeness (QED) is 0.853. The summed E-state index contributed by atoms with van der Waals surface area (Å²) in [6, 6.07) is 4.28. The summed E-state index contributed by atoms with van der Waals surface area (Å²) in [6.07, 6.45) is 4.02. The highest BCUT2D eigenvalue weighted by molar-refractivity contribution is 6.36. The minimum atomic E-state index is 0.337. The van der Waals surface area contributed by atoms with Crippen LogP contribution >= 0.6 is 11.6 Å². The fourth-order valence-electron chi connectivity index (χ4n) is 3.41. The van der Waals surface area contributed by atoms with E-state index in [1.165, 1.54) is 0 Å². The molecule has 0 saturated carbocycles. The van der Waals surface area contributed by atoms with Crippen LogP contribution in [0.15, 0.2) is 18.5 Å². The Bertz CT molecular complexity index is 694. The molecule has 0 spiro atoms. The van der Waals surface area contributed by atoms with Crippen LogP contribution in [0.3, 0.4) is 0 Å². The Morgan fingerprint density at radius 3 is 3.10 bits per heavy atom. The predicted octanol–water partition coefficient (Wildman–Crippen LogP) is 2.66. The van der Waals surface area contributed by atoms with Crippen LogP contribution in [0.4, 0.5) is 5.82 Å². The number of methoxy groups -OCH3 is 1. The summed E-state index contributed by atoms with van der Waals surface area (Å²) in [5.41, 5.74) is 0.739. The lowest BCUT2D eigenvalue weighted by Crippen LogP contribution is -2.32. The highest BCUT2D eigenvalue weighted by atomic mass is 35.5. The van der Waals surface area contributed by atoms with Crippen LogP contribution in [-0.2, 0) is 4.74 Å². The molecule has 1 aromatic heterocycles. The fourth-order valence-corrected chi connectivity index (χ4v) is 3.71. The van der Waals surface area contributed by atoms with E-state index in [4.69, 9.17) is 21.1 Å². The molecule has 1 aromatic carbocycles. The summed E-state index contributed by atoms with van der Waals surface area (Å²) in [7, 11) is 1.61. The molecular formula is C15H16ClN3O2. The first-order valence-electron chi connectivity index (χ1n) is 7.15. The normalized spacial score (nSPS) is 24.6. The second-order valence-electron chi connectivity index (χ2n) is 5.42. The number of hydrogen-bond donors (Lipinski definition) is 0. The van der Waals surface area contributed by atoms with Crippen molar-refractivity contribution in [2.45, 2.75) is 25.0 Å². The Morgan fingerprint density at radius 1 is 1.33 bits per heavy atom. The smallest absolute Gasteiger partial charge is 0.140 e. The molecule has 2 aromatic rings. The second-order valence-corrected chi connectivity index (χ2v) is 5.80. The van der Waals surface area contributed by atoms with Gasteiger partial charge in [-0.3, -0.25) is 0 Å². The van der Waals surface area contributed by atoms with E-state index < -0.39 is 0 Å². The van der Waals surface area contributed by atoms with Crippen LogP contribution < -0.4 is 9.64 Å². The molecule has 21 heavy (non-hydrogen) atoms. The summed E-state index contributed by atoms with van der Waals surface area (Å²) in [5, 5.41) is 1.51. The molecular weight excluding hydrogens is 290 g/mol. The van der Waals surface area contributed by atoms with E-state index in [1.54, 1.807) is 13.4 Å². The molecule has 110 valence electrons. The van der Waals surface area contributed by atoms with E-state index in [9.17, 15) is 0 Å². The van der Waals surface area contributed by atoms with Gasteiger partial charge >= 0.3 is 0 Å². The maximum Gasteiger partial charge on any atom is 0.140 e. The van der Waals surface area contributed by atoms with Gasteiger partial charge in [-0.25, -0.2) is 9.97 Å². The number of nitrogens with zero attached hydrogens (tertiary/aromatic N) is 3. The number of fused-ring (bicyclic) bond motifs is 2. The minimum Gasteiger partial charge on any atom is -0.495 e. The van der Waals surface area contributed by atoms with Gasteiger partial charge < -0.3 is 14.4 Å². The van der Waals surface area contributed by atoms with Crippen molar-refractivity contribution >= 4 is 28.3 Å². The lowest BCUT2D eigenvalue weighted by Gasteiger charge is -2.25. The van der Waals surface area contributed by atoms with E-state index in [2.05, 4.69) is 14.9 Å². The number of ether oxygens (including phenoxy) is 2. The van der Waals surface area contributed by atoms with E-state index >= 15 is 0 Å². The third-order valence-corrected chi connectivity index (χ3v) is 4.78. The number of hydrogen-bond acceptors (Lipinski definition) is 5. The molecule has 0 unspecified atom stereocenters. The molecule has 3 heterocycles. The number of anilines is 1. The zero-order valence-electron chi connectivity index (χ0n) is 11.8. The van der Waals surface area contributed by atoms with E-state index in [0.29, 0.717) is 22.9 Å². The lowest BCUT2D eigenvalue weighted by molar-refractivity contribution is 0.113. The highest BCUT2D eigenvalue weighted by Crippen LogP contribution is 2.38. The first-order chi connectivity index (χ1) is 10.3. The highest BCUT2D eigenvalue weighted by Gasteiger charge is 2.39. The van der Waals surface area contributed by atoms with Crippen LogP contribution in [0, 0.1) is 0 Å². The van der Waals surface area contributed by atoms with Gasteiger partial charge in [-0.1, -0.05) is 11.6 Å². The molecule has 2 fully saturated rings. The molecule has 0 amide bonds. The summed E-state index contributed by atoms with van der Waals surface area (Å²) >= 11 is 6.37. The monoisotopic (exact) mass is 305 g/mol. The van der Waals surface area contributed by atoms with Crippen LogP contribution in [0.5, 0.6) is 5.75 Å². The average Bonchev–Trinajstić information content (AvgIpc) is 3.10. The van der Waals surface area contributed by atoms with Crippen molar-refractivity contribution in [3.8, 4) is 5.75 Å². The van der Waals surface area contributed by atoms with Crippen molar-refractivity contribution in [1.29, 1.82) is 0 Å². The maximum atomic E-state index is 6.37. The first-order valence-corrected chi connectivity index (χ1v) is 7.53. The minimum absolute atomic E-state index is 0.337. The molecule has 0 N–H and O–H groups in total. The van der Waals surface area contributed by atoms with E-state index in [-0.39, 0.29) is 0 Å². The van der Waals surface area contributed by atoms with Crippen molar-refractivity contribution in [1.82, 2.24) is 9.97 Å². The van der Waals surface area contributed by atoms with Gasteiger partial charge in [-0.05, 0) is 25.0 Å². The van der Waals surface area contributed by atoms with Crippen LogP contribution in [0.2, 0.25) is 5.02 Å². The molecule has 0 aliphatic carbocycles. The van der Waals surface area contributed by atoms with Gasteiger partial charge in [0.1, 0.15) is 22.9 Å². The Hall–Kier alpha value is -1.59. The molecule has 2 saturated heterocycles. The number of aromatic nitrogens is 2. The molecule has 2 aliphatic rings. The zero-order chi connectivity index (χ0) is 14.4. The Kier molecular flexibility index (Phi) is 3.12.